The van der Waals surface area contributed by atoms with Gasteiger partial charge < -0.3 is 10.6 Å². The molecule has 3 rings (SSSR count). The first-order chi connectivity index (χ1) is 9.92. The molecule has 3 aromatic rings. The van der Waals surface area contributed by atoms with E-state index in [1.165, 1.54) is 0 Å². The lowest BCUT2D eigenvalue weighted by atomic mass is 10.3. The molecule has 0 saturated heterocycles. The lowest BCUT2D eigenvalue weighted by Gasteiger charge is -2.12. The van der Waals surface area contributed by atoms with Crippen molar-refractivity contribution in [2.45, 2.75) is 0 Å². The molecule has 0 aliphatic rings. The highest BCUT2D eigenvalue weighted by molar-refractivity contribution is 5.85. The second-order valence-corrected chi connectivity index (χ2v) is 4.38. The predicted molar refractivity (Wildman–Crippen MR) is 90.9 cm³/mol. The molecule has 0 spiro atoms. The summed E-state index contributed by atoms with van der Waals surface area (Å²) >= 11 is 0. The van der Waals surface area contributed by atoms with Crippen molar-refractivity contribution >= 4 is 35.3 Å². The maximum Gasteiger partial charge on any atom is 0.154 e. The summed E-state index contributed by atoms with van der Waals surface area (Å²) in [5, 5.41) is 6.69. The summed E-state index contributed by atoms with van der Waals surface area (Å²) in [5.41, 5.74) is 3.00. The Hall–Kier alpha value is -2.52. The number of para-hydroxylation sites is 2. The average molecular weight is 298 g/mol. The molecule has 106 valence electrons. The zero-order chi connectivity index (χ0) is 13.6. The summed E-state index contributed by atoms with van der Waals surface area (Å²) in [5.74, 6) is 0.808. The minimum atomic E-state index is 0. The first-order valence-electron chi connectivity index (χ1n) is 6.51. The van der Waals surface area contributed by atoms with E-state index in [9.17, 15) is 0 Å². The zero-order valence-electron chi connectivity index (χ0n) is 11.4. The fraction of sp³-hybridized carbons (Fsp3) is 0. The molecule has 0 radical (unpaired) electrons. The molecule has 1 aromatic heterocycles. The summed E-state index contributed by atoms with van der Waals surface area (Å²) < 4.78 is 0. The van der Waals surface area contributed by atoms with Crippen LogP contribution >= 0.6 is 12.4 Å². The monoisotopic (exact) mass is 297 g/mol. The quantitative estimate of drug-likeness (QED) is 0.712. The van der Waals surface area contributed by atoms with Gasteiger partial charge >= 0.3 is 0 Å². The number of benzene rings is 2. The van der Waals surface area contributed by atoms with Crippen LogP contribution < -0.4 is 10.6 Å². The van der Waals surface area contributed by atoms with Gasteiger partial charge in [-0.05, 0) is 36.4 Å². The van der Waals surface area contributed by atoms with Gasteiger partial charge in [-0.25, -0.2) is 4.98 Å². The SMILES string of the molecule is Cl.c1ccc(Nc2cccnc2Nc2ccccc2)cc1. The van der Waals surface area contributed by atoms with Crippen LogP contribution in [0.5, 0.6) is 0 Å². The molecule has 0 fully saturated rings. The maximum absolute atomic E-state index is 4.40. The number of anilines is 4. The molecule has 0 aliphatic heterocycles. The van der Waals surface area contributed by atoms with E-state index in [-0.39, 0.29) is 12.4 Å². The van der Waals surface area contributed by atoms with Gasteiger partial charge in [-0.1, -0.05) is 36.4 Å². The summed E-state index contributed by atoms with van der Waals surface area (Å²) in [6.07, 6.45) is 1.78. The van der Waals surface area contributed by atoms with Gasteiger partial charge in [0.2, 0.25) is 0 Å². The number of pyridine rings is 1. The summed E-state index contributed by atoms with van der Waals surface area (Å²) in [6.45, 7) is 0. The first-order valence-corrected chi connectivity index (χ1v) is 6.51. The second-order valence-electron chi connectivity index (χ2n) is 4.38. The number of rotatable bonds is 4. The van der Waals surface area contributed by atoms with Crippen LogP contribution in [-0.4, -0.2) is 4.98 Å². The van der Waals surface area contributed by atoms with Crippen LogP contribution in [0.25, 0.3) is 0 Å². The van der Waals surface area contributed by atoms with Crippen molar-refractivity contribution in [2.75, 3.05) is 10.6 Å². The van der Waals surface area contributed by atoms with Crippen molar-refractivity contribution in [3.05, 3.63) is 79.0 Å². The number of halogens is 1. The Bertz CT molecular complexity index is 611. The molecule has 1 heterocycles. The van der Waals surface area contributed by atoms with Crippen molar-refractivity contribution in [3.8, 4) is 0 Å². The highest BCUT2D eigenvalue weighted by atomic mass is 35.5. The molecule has 2 aromatic carbocycles. The standard InChI is InChI=1S/C17H15N3.ClH/c1-3-8-14(9-4-1)19-16-12-7-13-18-17(16)20-15-10-5-2-6-11-15;/h1-13,19H,(H,18,20);1H. The Morgan fingerprint density at radius 1 is 0.619 bits per heavy atom. The minimum Gasteiger partial charge on any atom is -0.353 e. The number of nitrogens with zero attached hydrogens (tertiary/aromatic N) is 1. The van der Waals surface area contributed by atoms with E-state index in [0.29, 0.717) is 0 Å². The van der Waals surface area contributed by atoms with Gasteiger partial charge in [-0.15, -0.1) is 12.4 Å². The van der Waals surface area contributed by atoms with Crippen molar-refractivity contribution in [1.29, 1.82) is 0 Å². The molecular formula is C17H16ClN3. The molecule has 3 nitrogen and oxygen atoms in total. The van der Waals surface area contributed by atoms with Gasteiger partial charge in [0, 0.05) is 17.6 Å². The van der Waals surface area contributed by atoms with Gasteiger partial charge in [0.1, 0.15) is 0 Å². The maximum atomic E-state index is 4.40. The summed E-state index contributed by atoms with van der Waals surface area (Å²) in [4.78, 5) is 4.40. The van der Waals surface area contributed by atoms with Crippen molar-refractivity contribution in [1.82, 2.24) is 4.98 Å². The highest BCUT2D eigenvalue weighted by Gasteiger charge is 2.03. The first kappa shape index (κ1) is 14.9. The Morgan fingerprint density at radius 2 is 1.19 bits per heavy atom. The molecule has 0 unspecified atom stereocenters. The molecule has 0 bridgehead atoms. The largest absolute Gasteiger partial charge is 0.353 e. The van der Waals surface area contributed by atoms with E-state index in [1.54, 1.807) is 6.20 Å². The van der Waals surface area contributed by atoms with Gasteiger partial charge in [-0.3, -0.25) is 0 Å². The van der Waals surface area contributed by atoms with Gasteiger partial charge in [-0.2, -0.15) is 0 Å². The van der Waals surface area contributed by atoms with E-state index in [2.05, 4.69) is 15.6 Å². The number of nitrogens with one attached hydrogen (secondary N) is 2. The lowest BCUT2D eigenvalue weighted by molar-refractivity contribution is 1.30. The third-order valence-electron chi connectivity index (χ3n) is 2.90. The molecular weight excluding hydrogens is 282 g/mol. The smallest absolute Gasteiger partial charge is 0.154 e. The van der Waals surface area contributed by atoms with Crippen LogP contribution in [0, 0.1) is 0 Å². The lowest BCUT2D eigenvalue weighted by Crippen LogP contribution is -1.99. The highest BCUT2D eigenvalue weighted by Crippen LogP contribution is 2.25. The molecule has 0 aliphatic carbocycles. The zero-order valence-corrected chi connectivity index (χ0v) is 12.2. The molecule has 4 heteroatoms. The molecule has 0 atom stereocenters. The molecule has 0 amide bonds. The summed E-state index contributed by atoms with van der Waals surface area (Å²) in [7, 11) is 0. The third kappa shape index (κ3) is 3.97. The minimum absolute atomic E-state index is 0. The summed E-state index contributed by atoms with van der Waals surface area (Å²) in [6, 6.07) is 24.0. The molecule has 0 saturated carbocycles. The Morgan fingerprint density at radius 3 is 1.81 bits per heavy atom. The Kier molecular flexibility index (Phi) is 5.18. The van der Waals surface area contributed by atoms with E-state index >= 15 is 0 Å². The van der Waals surface area contributed by atoms with Crippen LogP contribution in [-0.2, 0) is 0 Å². The van der Waals surface area contributed by atoms with Crippen molar-refractivity contribution < 1.29 is 0 Å². The topological polar surface area (TPSA) is 37.0 Å². The van der Waals surface area contributed by atoms with E-state index < -0.39 is 0 Å². The van der Waals surface area contributed by atoms with Crippen LogP contribution in [0.15, 0.2) is 79.0 Å². The average Bonchev–Trinajstić information content (AvgIpc) is 2.51. The Balaban J connectivity index is 0.00000161. The van der Waals surface area contributed by atoms with Crippen molar-refractivity contribution in [2.24, 2.45) is 0 Å². The third-order valence-corrected chi connectivity index (χ3v) is 2.90. The van der Waals surface area contributed by atoms with E-state index in [1.807, 2.05) is 72.8 Å². The van der Waals surface area contributed by atoms with E-state index in [0.717, 1.165) is 22.9 Å². The van der Waals surface area contributed by atoms with Crippen LogP contribution in [0.1, 0.15) is 0 Å². The number of hydrogen-bond acceptors (Lipinski definition) is 3. The van der Waals surface area contributed by atoms with Crippen LogP contribution in [0.3, 0.4) is 0 Å². The van der Waals surface area contributed by atoms with E-state index in [4.69, 9.17) is 0 Å². The van der Waals surface area contributed by atoms with Crippen molar-refractivity contribution in [3.63, 3.8) is 0 Å². The van der Waals surface area contributed by atoms with Gasteiger partial charge in [0.15, 0.2) is 5.82 Å². The van der Waals surface area contributed by atoms with Crippen LogP contribution in [0.2, 0.25) is 0 Å². The second kappa shape index (κ2) is 7.31. The van der Waals surface area contributed by atoms with Gasteiger partial charge in [0.25, 0.3) is 0 Å². The Labute approximate surface area is 130 Å². The molecule has 2 N–H and O–H groups in total. The van der Waals surface area contributed by atoms with Crippen LogP contribution in [0.4, 0.5) is 22.9 Å². The fourth-order valence-electron chi connectivity index (χ4n) is 1.94. The molecule has 21 heavy (non-hydrogen) atoms. The van der Waals surface area contributed by atoms with Gasteiger partial charge in [0.05, 0.1) is 5.69 Å². The normalized spacial score (nSPS) is 9.52. The number of aromatic nitrogens is 1. The predicted octanol–water partition coefficient (Wildman–Crippen LogP) is 4.99. The number of hydrogen-bond donors (Lipinski definition) is 2. The fourth-order valence-corrected chi connectivity index (χ4v) is 1.94.